The summed E-state index contributed by atoms with van der Waals surface area (Å²) in [5, 5.41) is 16.2. The van der Waals surface area contributed by atoms with Gasteiger partial charge in [-0.05, 0) is 25.7 Å². The molecule has 110 valence electrons. The summed E-state index contributed by atoms with van der Waals surface area (Å²) < 4.78 is 0. The van der Waals surface area contributed by atoms with Crippen LogP contribution in [-0.2, 0) is 4.79 Å². The first-order chi connectivity index (χ1) is 9.13. The second-order valence-corrected chi connectivity index (χ2v) is 5.30. The van der Waals surface area contributed by atoms with Gasteiger partial charge in [-0.15, -0.1) is 0 Å². The Balaban J connectivity index is 2.18. The molecule has 0 unspecified atom stereocenters. The molecule has 0 aliphatic carbocycles. The van der Waals surface area contributed by atoms with Crippen molar-refractivity contribution >= 4 is 12.0 Å². The highest BCUT2D eigenvalue weighted by atomic mass is 16.4. The van der Waals surface area contributed by atoms with Gasteiger partial charge in [0.05, 0.1) is 12.1 Å². The average molecular weight is 269 g/mol. The fraction of sp³-hybridized carbons (Fsp3) is 0.857. The van der Waals surface area contributed by atoms with Gasteiger partial charge in [-0.25, -0.2) is 4.79 Å². The zero-order chi connectivity index (χ0) is 14.1. The normalized spacial score (nSPS) is 22.1. The van der Waals surface area contributed by atoms with E-state index in [1.165, 1.54) is 12.8 Å². The van der Waals surface area contributed by atoms with E-state index in [0.29, 0.717) is 6.42 Å². The lowest BCUT2D eigenvalue weighted by molar-refractivity contribution is -0.305. The minimum absolute atomic E-state index is 0.0683. The van der Waals surface area contributed by atoms with Crippen LogP contribution in [0.3, 0.4) is 0 Å². The smallest absolute Gasteiger partial charge is 0.315 e. The Morgan fingerprint density at radius 3 is 2.16 bits per heavy atom. The van der Waals surface area contributed by atoms with Crippen molar-refractivity contribution in [3.63, 3.8) is 0 Å². The van der Waals surface area contributed by atoms with E-state index in [1.54, 1.807) is 0 Å². The monoisotopic (exact) mass is 269 g/mol. The molecule has 0 radical (unpaired) electrons. The highest BCUT2D eigenvalue weighted by molar-refractivity contribution is 5.77. The summed E-state index contributed by atoms with van der Waals surface area (Å²) >= 11 is 0. The van der Waals surface area contributed by atoms with Crippen molar-refractivity contribution in [1.82, 2.24) is 10.6 Å². The van der Waals surface area contributed by atoms with Gasteiger partial charge in [0.2, 0.25) is 0 Å². The molecule has 0 aromatic carbocycles. The Morgan fingerprint density at radius 1 is 1.05 bits per heavy atom. The van der Waals surface area contributed by atoms with Crippen LogP contribution >= 0.6 is 0 Å². The fourth-order valence-electron chi connectivity index (χ4n) is 2.55. The topological polar surface area (TPSA) is 81.3 Å². The second-order valence-electron chi connectivity index (χ2n) is 5.30. The molecule has 1 fully saturated rings. The van der Waals surface area contributed by atoms with Crippen molar-refractivity contribution in [2.75, 3.05) is 0 Å². The van der Waals surface area contributed by atoms with Crippen LogP contribution in [0.1, 0.15) is 64.7 Å². The van der Waals surface area contributed by atoms with Crippen LogP contribution in [0.4, 0.5) is 4.79 Å². The summed E-state index contributed by atoms with van der Waals surface area (Å²) in [7, 11) is 0. The average Bonchev–Trinajstić information content (AvgIpc) is 2.69. The van der Waals surface area contributed by atoms with Gasteiger partial charge in [0.1, 0.15) is 0 Å². The summed E-state index contributed by atoms with van der Waals surface area (Å²) in [6.07, 6.45) is 8.09. The number of carboxylic acid groups (broad SMARTS) is 1. The van der Waals surface area contributed by atoms with Gasteiger partial charge in [-0.1, -0.05) is 39.0 Å². The summed E-state index contributed by atoms with van der Waals surface area (Å²) in [6, 6.07) is 0.369. The van der Waals surface area contributed by atoms with Crippen LogP contribution in [0, 0.1) is 0 Å². The Bertz CT molecular complexity index is 294. The molecular weight excluding hydrogens is 244 g/mol. The number of carbonyl (C=O) groups is 2. The molecule has 2 amide bonds. The van der Waals surface area contributed by atoms with Gasteiger partial charge < -0.3 is 20.5 Å². The van der Waals surface area contributed by atoms with E-state index < -0.39 is 5.97 Å². The molecule has 1 aliphatic heterocycles. The molecule has 5 heteroatoms. The predicted octanol–water partition coefficient (Wildman–Crippen LogP) is 1.32. The highest BCUT2D eigenvalue weighted by Crippen LogP contribution is 2.16. The Labute approximate surface area is 115 Å². The maximum absolute atomic E-state index is 11.4. The maximum atomic E-state index is 11.4. The van der Waals surface area contributed by atoms with Crippen molar-refractivity contribution in [1.29, 1.82) is 0 Å². The zero-order valence-corrected chi connectivity index (χ0v) is 11.7. The predicted molar refractivity (Wildman–Crippen MR) is 71.5 cm³/mol. The standard InChI is InChI=1S/C14H26N2O3/c1-2-3-5-8-11-12(16-14(19)15-11)9-6-4-7-10-13(17)18/h11-12H,2-10H2,1H3,(H,17,18)(H2,15,16,19)/p-1/t11-,12+/m0/s1. The minimum atomic E-state index is -0.978. The van der Waals surface area contributed by atoms with Gasteiger partial charge in [-0.3, -0.25) is 0 Å². The van der Waals surface area contributed by atoms with E-state index >= 15 is 0 Å². The molecule has 0 bridgehead atoms. The zero-order valence-electron chi connectivity index (χ0n) is 11.7. The number of amides is 2. The Kier molecular flexibility index (Phi) is 7.30. The lowest BCUT2D eigenvalue weighted by Crippen LogP contribution is -2.33. The van der Waals surface area contributed by atoms with Gasteiger partial charge in [0.25, 0.3) is 0 Å². The first-order valence-corrected chi connectivity index (χ1v) is 7.40. The maximum Gasteiger partial charge on any atom is 0.315 e. The van der Waals surface area contributed by atoms with Gasteiger partial charge in [-0.2, -0.15) is 0 Å². The number of urea groups is 1. The summed E-state index contributed by atoms with van der Waals surface area (Å²) in [6.45, 7) is 2.17. The van der Waals surface area contributed by atoms with Gasteiger partial charge in [0, 0.05) is 5.97 Å². The van der Waals surface area contributed by atoms with Crippen LogP contribution in [0.25, 0.3) is 0 Å². The highest BCUT2D eigenvalue weighted by Gasteiger charge is 2.30. The van der Waals surface area contributed by atoms with Crippen LogP contribution in [0.15, 0.2) is 0 Å². The third-order valence-corrected chi connectivity index (χ3v) is 3.63. The third-order valence-electron chi connectivity index (χ3n) is 3.63. The van der Waals surface area contributed by atoms with Gasteiger partial charge in [0.15, 0.2) is 0 Å². The number of carbonyl (C=O) groups excluding carboxylic acids is 2. The number of hydrogen-bond donors (Lipinski definition) is 2. The fourth-order valence-corrected chi connectivity index (χ4v) is 2.55. The Hall–Kier alpha value is -1.26. The van der Waals surface area contributed by atoms with E-state index in [0.717, 1.165) is 32.1 Å². The molecule has 19 heavy (non-hydrogen) atoms. The van der Waals surface area contributed by atoms with Crippen molar-refractivity contribution in [2.24, 2.45) is 0 Å². The van der Waals surface area contributed by atoms with E-state index in [1.807, 2.05) is 0 Å². The van der Waals surface area contributed by atoms with Crippen LogP contribution in [0.5, 0.6) is 0 Å². The van der Waals surface area contributed by atoms with Crippen LogP contribution in [0.2, 0.25) is 0 Å². The minimum Gasteiger partial charge on any atom is -0.550 e. The SMILES string of the molecule is CCCCC[C@@H]1NC(=O)N[C@@H]1CCCCCC(=O)[O-]. The van der Waals surface area contributed by atoms with E-state index in [2.05, 4.69) is 17.6 Å². The third kappa shape index (κ3) is 6.45. The molecule has 1 heterocycles. The summed E-state index contributed by atoms with van der Waals surface area (Å²) in [5.41, 5.74) is 0. The van der Waals surface area contributed by atoms with Crippen molar-refractivity contribution in [2.45, 2.75) is 76.8 Å². The van der Waals surface area contributed by atoms with Gasteiger partial charge >= 0.3 is 6.03 Å². The molecule has 0 aromatic rings. The summed E-state index contributed by atoms with van der Waals surface area (Å²) in [4.78, 5) is 21.6. The molecule has 1 rings (SSSR count). The van der Waals surface area contributed by atoms with E-state index in [4.69, 9.17) is 0 Å². The van der Waals surface area contributed by atoms with Crippen LogP contribution in [-0.4, -0.2) is 24.1 Å². The number of rotatable bonds is 10. The molecular formula is C14H25N2O3-. The number of aliphatic carboxylic acids is 1. The number of nitrogens with one attached hydrogen (secondary N) is 2. The molecule has 0 aromatic heterocycles. The van der Waals surface area contributed by atoms with Crippen LogP contribution < -0.4 is 15.7 Å². The van der Waals surface area contributed by atoms with Crippen molar-refractivity contribution < 1.29 is 14.7 Å². The quantitative estimate of drug-likeness (QED) is 0.587. The summed E-state index contributed by atoms with van der Waals surface area (Å²) in [5.74, 6) is -0.978. The largest absolute Gasteiger partial charge is 0.550 e. The Morgan fingerprint density at radius 2 is 1.63 bits per heavy atom. The lowest BCUT2D eigenvalue weighted by atomic mass is 9.97. The number of unbranched alkanes of at least 4 members (excludes halogenated alkanes) is 4. The molecule has 0 saturated carbocycles. The molecule has 0 spiro atoms. The molecule has 2 N–H and O–H groups in total. The molecule has 2 atom stereocenters. The molecule has 5 nitrogen and oxygen atoms in total. The number of hydrogen-bond acceptors (Lipinski definition) is 3. The molecule has 1 saturated heterocycles. The van der Waals surface area contributed by atoms with Crippen molar-refractivity contribution in [3.05, 3.63) is 0 Å². The second kappa shape index (κ2) is 8.77. The van der Waals surface area contributed by atoms with E-state index in [-0.39, 0.29) is 24.5 Å². The van der Waals surface area contributed by atoms with Crippen molar-refractivity contribution in [3.8, 4) is 0 Å². The lowest BCUT2D eigenvalue weighted by Gasteiger charge is -2.18. The first kappa shape index (κ1) is 15.8. The number of carboxylic acids is 1. The first-order valence-electron chi connectivity index (χ1n) is 7.40. The molecule has 1 aliphatic rings. The van der Waals surface area contributed by atoms with E-state index in [9.17, 15) is 14.7 Å².